The molecule has 0 atom stereocenters. The zero-order chi connectivity index (χ0) is 20.2. The van der Waals surface area contributed by atoms with Crippen LogP contribution in [0.4, 0.5) is 8.78 Å². The molecule has 2 aromatic rings. The van der Waals surface area contributed by atoms with Crippen LogP contribution in [-0.4, -0.2) is 13.1 Å². The van der Waals surface area contributed by atoms with Crippen LogP contribution in [0.15, 0.2) is 30.3 Å². The summed E-state index contributed by atoms with van der Waals surface area (Å²) in [5.74, 6) is -1.63. The average molecular weight is 395 g/mol. The SMILES string of the molecule is CCCCc1c(Cl)cc(CC(C)(C)c2c(F)cccc2F)cc1C(=O)OC. The number of hydrogen-bond acceptors (Lipinski definition) is 2. The Morgan fingerprint density at radius 2 is 1.81 bits per heavy atom. The number of rotatable bonds is 7. The summed E-state index contributed by atoms with van der Waals surface area (Å²) < 4.78 is 33.4. The molecule has 2 rings (SSSR count). The van der Waals surface area contributed by atoms with Crippen LogP contribution in [0.3, 0.4) is 0 Å². The number of carbonyl (C=O) groups excluding carboxylic acids is 1. The molecule has 0 fully saturated rings. The second-order valence-corrected chi connectivity index (χ2v) is 7.76. The third-order valence-corrected chi connectivity index (χ3v) is 5.06. The molecular formula is C22H25ClF2O2. The topological polar surface area (TPSA) is 26.3 Å². The Bertz CT molecular complexity index is 811. The van der Waals surface area contributed by atoms with Gasteiger partial charge in [-0.05, 0) is 60.1 Å². The summed E-state index contributed by atoms with van der Waals surface area (Å²) in [5, 5.41) is 0.478. The van der Waals surface area contributed by atoms with Crippen molar-refractivity contribution >= 4 is 17.6 Å². The maximum Gasteiger partial charge on any atom is 0.338 e. The summed E-state index contributed by atoms with van der Waals surface area (Å²) in [6.07, 6.45) is 2.86. The van der Waals surface area contributed by atoms with E-state index in [1.165, 1.54) is 25.3 Å². The number of benzene rings is 2. The second kappa shape index (κ2) is 8.83. The molecule has 5 heteroatoms. The molecule has 0 saturated heterocycles. The van der Waals surface area contributed by atoms with Gasteiger partial charge in [0.1, 0.15) is 11.6 Å². The van der Waals surface area contributed by atoms with Crippen molar-refractivity contribution in [3.8, 4) is 0 Å². The molecule has 0 unspecified atom stereocenters. The largest absolute Gasteiger partial charge is 0.465 e. The molecule has 0 saturated carbocycles. The van der Waals surface area contributed by atoms with Gasteiger partial charge in [-0.3, -0.25) is 0 Å². The Balaban J connectivity index is 2.46. The smallest absolute Gasteiger partial charge is 0.338 e. The van der Waals surface area contributed by atoms with Crippen LogP contribution < -0.4 is 0 Å². The third kappa shape index (κ3) is 4.86. The molecular weight excluding hydrogens is 370 g/mol. The molecule has 0 radical (unpaired) electrons. The van der Waals surface area contributed by atoms with Crippen molar-refractivity contribution in [3.05, 3.63) is 69.2 Å². The van der Waals surface area contributed by atoms with Crippen LogP contribution in [0, 0.1) is 11.6 Å². The minimum Gasteiger partial charge on any atom is -0.465 e. The Morgan fingerprint density at radius 3 is 2.37 bits per heavy atom. The van der Waals surface area contributed by atoms with Crippen molar-refractivity contribution in [3.63, 3.8) is 0 Å². The van der Waals surface area contributed by atoms with Crippen molar-refractivity contribution in [2.24, 2.45) is 0 Å². The van der Waals surface area contributed by atoms with Gasteiger partial charge in [0.15, 0.2) is 0 Å². The van der Waals surface area contributed by atoms with Gasteiger partial charge in [-0.2, -0.15) is 0 Å². The van der Waals surface area contributed by atoms with Gasteiger partial charge >= 0.3 is 5.97 Å². The van der Waals surface area contributed by atoms with Gasteiger partial charge in [0.25, 0.3) is 0 Å². The van der Waals surface area contributed by atoms with Crippen LogP contribution in [0.5, 0.6) is 0 Å². The summed E-state index contributed by atoms with van der Waals surface area (Å²) in [5.41, 5.74) is 1.10. The standard InChI is InChI=1S/C22H25ClF2O2/c1-5-6-8-15-16(21(26)27-4)11-14(12-17(15)23)13-22(2,3)20-18(24)9-7-10-19(20)25/h7,9-12H,5-6,8,13H2,1-4H3. The highest BCUT2D eigenvalue weighted by molar-refractivity contribution is 6.32. The van der Waals surface area contributed by atoms with Crippen molar-refractivity contribution in [1.82, 2.24) is 0 Å². The van der Waals surface area contributed by atoms with E-state index in [0.717, 1.165) is 24.0 Å². The van der Waals surface area contributed by atoms with E-state index in [0.29, 0.717) is 23.4 Å². The van der Waals surface area contributed by atoms with E-state index in [9.17, 15) is 13.6 Å². The van der Waals surface area contributed by atoms with Crippen molar-refractivity contribution in [2.75, 3.05) is 7.11 Å². The van der Waals surface area contributed by atoms with E-state index in [2.05, 4.69) is 6.92 Å². The number of ether oxygens (including phenoxy) is 1. The molecule has 0 N–H and O–H groups in total. The Kier molecular flexibility index (Phi) is 6.99. The van der Waals surface area contributed by atoms with Crippen molar-refractivity contribution in [2.45, 2.75) is 51.9 Å². The van der Waals surface area contributed by atoms with Gasteiger partial charge in [0.05, 0.1) is 12.7 Å². The summed E-state index contributed by atoms with van der Waals surface area (Å²) in [4.78, 5) is 12.2. The lowest BCUT2D eigenvalue weighted by atomic mass is 9.78. The normalized spacial score (nSPS) is 11.5. The van der Waals surface area contributed by atoms with Crippen molar-refractivity contribution in [1.29, 1.82) is 0 Å². The lowest BCUT2D eigenvalue weighted by Gasteiger charge is -2.27. The van der Waals surface area contributed by atoms with E-state index < -0.39 is 23.0 Å². The van der Waals surface area contributed by atoms with Crippen molar-refractivity contribution < 1.29 is 18.3 Å². The van der Waals surface area contributed by atoms with Crippen LogP contribution in [0.25, 0.3) is 0 Å². The van der Waals surface area contributed by atoms with Crippen LogP contribution in [-0.2, 0) is 23.0 Å². The average Bonchev–Trinajstić information content (AvgIpc) is 2.59. The molecule has 0 heterocycles. The first-order valence-electron chi connectivity index (χ1n) is 9.05. The highest BCUT2D eigenvalue weighted by atomic mass is 35.5. The van der Waals surface area contributed by atoms with Gasteiger partial charge in [0, 0.05) is 10.6 Å². The Morgan fingerprint density at radius 1 is 1.19 bits per heavy atom. The van der Waals surface area contributed by atoms with E-state index in [4.69, 9.17) is 16.3 Å². The summed E-state index contributed by atoms with van der Waals surface area (Å²) in [6.45, 7) is 5.60. The molecule has 0 aromatic heterocycles. The fourth-order valence-corrected chi connectivity index (χ4v) is 3.77. The molecule has 2 nitrogen and oxygen atoms in total. The van der Waals surface area contributed by atoms with Crippen LogP contribution in [0.1, 0.15) is 60.7 Å². The van der Waals surface area contributed by atoms with Gasteiger partial charge < -0.3 is 4.74 Å². The fraction of sp³-hybridized carbons (Fsp3) is 0.409. The number of esters is 1. The van der Waals surface area contributed by atoms with Crippen LogP contribution >= 0.6 is 11.6 Å². The minimum absolute atomic E-state index is 0.0239. The Labute approximate surface area is 164 Å². The molecule has 0 aliphatic heterocycles. The lowest BCUT2D eigenvalue weighted by Crippen LogP contribution is -2.24. The number of methoxy groups -OCH3 is 1. The highest BCUT2D eigenvalue weighted by Crippen LogP contribution is 2.34. The van der Waals surface area contributed by atoms with E-state index >= 15 is 0 Å². The number of carbonyl (C=O) groups is 1. The molecule has 146 valence electrons. The molecule has 0 aliphatic rings. The number of halogens is 3. The summed E-state index contributed by atoms with van der Waals surface area (Å²) in [7, 11) is 1.32. The third-order valence-electron chi connectivity index (χ3n) is 4.73. The van der Waals surface area contributed by atoms with Crippen LogP contribution in [0.2, 0.25) is 5.02 Å². The predicted octanol–water partition coefficient (Wildman–Crippen LogP) is 6.27. The molecule has 27 heavy (non-hydrogen) atoms. The first-order valence-corrected chi connectivity index (χ1v) is 9.43. The van der Waals surface area contributed by atoms with Gasteiger partial charge in [0.2, 0.25) is 0 Å². The zero-order valence-electron chi connectivity index (χ0n) is 16.2. The van der Waals surface area contributed by atoms with E-state index in [1.807, 2.05) is 0 Å². The van der Waals surface area contributed by atoms with Gasteiger partial charge in [-0.15, -0.1) is 0 Å². The first kappa shape index (κ1) is 21.4. The summed E-state index contributed by atoms with van der Waals surface area (Å²) in [6, 6.07) is 7.35. The predicted molar refractivity (Wildman–Crippen MR) is 104 cm³/mol. The van der Waals surface area contributed by atoms with E-state index in [1.54, 1.807) is 26.0 Å². The molecule has 0 aliphatic carbocycles. The van der Waals surface area contributed by atoms with E-state index in [-0.39, 0.29) is 5.56 Å². The highest BCUT2D eigenvalue weighted by Gasteiger charge is 2.29. The maximum absolute atomic E-state index is 14.3. The second-order valence-electron chi connectivity index (χ2n) is 7.36. The maximum atomic E-state index is 14.3. The summed E-state index contributed by atoms with van der Waals surface area (Å²) >= 11 is 6.45. The molecule has 0 amide bonds. The number of unbranched alkanes of at least 4 members (excludes halogenated alkanes) is 1. The first-order chi connectivity index (χ1) is 12.7. The van der Waals surface area contributed by atoms with Gasteiger partial charge in [-0.1, -0.05) is 44.9 Å². The quantitative estimate of drug-likeness (QED) is 0.517. The number of hydrogen-bond donors (Lipinski definition) is 0. The van der Waals surface area contributed by atoms with Gasteiger partial charge in [-0.25, -0.2) is 13.6 Å². The fourth-order valence-electron chi connectivity index (χ4n) is 3.44. The molecule has 0 spiro atoms. The lowest BCUT2D eigenvalue weighted by molar-refractivity contribution is 0.0599. The minimum atomic E-state index is -0.822. The zero-order valence-corrected chi connectivity index (χ0v) is 16.9. The Hall–Kier alpha value is -1.94. The molecule has 0 bridgehead atoms. The molecule has 2 aromatic carbocycles. The monoisotopic (exact) mass is 394 g/mol.